The fourth-order valence-corrected chi connectivity index (χ4v) is 6.43. The summed E-state index contributed by atoms with van der Waals surface area (Å²) in [7, 11) is 0. The number of aromatic nitrogens is 2. The van der Waals surface area contributed by atoms with Crippen molar-refractivity contribution in [2.75, 3.05) is 21.3 Å². The standard InChI is InChI=1S/C23H19N3O2.C22H18N4O2/c1-15(27)25-17-6-3-7-18(14-17)26-23-22-10-4-9-20(21(22)11-12-24-23)16-5-2-8-19(28)13-16;23-22(28)26-16-6-2-5-15(13-16)25-21-20-9-3-8-18(19(20)10-11-24-21)14-4-1-7-17(27)12-14/h2-14,28H,1H3,(H,24,26)(H,25,27);1-13,27H,(H,24,25)(H3,23,26,28). The van der Waals surface area contributed by atoms with E-state index >= 15 is 0 Å². The monoisotopic (exact) mass is 739 g/mol. The van der Waals surface area contributed by atoms with Crippen LogP contribution in [0.2, 0.25) is 0 Å². The smallest absolute Gasteiger partial charge is 0.316 e. The number of rotatable bonds is 8. The summed E-state index contributed by atoms with van der Waals surface area (Å²) < 4.78 is 0. The van der Waals surface area contributed by atoms with Crippen molar-refractivity contribution in [3.8, 4) is 33.8 Å². The van der Waals surface area contributed by atoms with Gasteiger partial charge in [0.05, 0.1) is 0 Å². The van der Waals surface area contributed by atoms with Crippen LogP contribution in [0.4, 0.5) is 39.2 Å². The second-order valence-corrected chi connectivity index (χ2v) is 12.8. The first kappa shape index (κ1) is 36.4. The molecule has 0 aliphatic carbocycles. The lowest BCUT2D eigenvalue weighted by molar-refractivity contribution is -0.114. The van der Waals surface area contributed by atoms with Gasteiger partial charge in [0.1, 0.15) is 23.1 Å². The summed E-state index contributed by atoms with van der Waals surface area (Å²) in [6.45, 7) is 1.48. The number of nitrogens with one attached hydrogen (secondary N) is 4. The SMILES string of the molecule is CC(=O)Nc1cccc(Nc2nccc3c(-c4cccc(O)c4)cccc23)c1.NC(=O)Nc1cccc(Nc2nccc3c(-c4cccc(O)c4)cccc23)c1. The molecule has 0 unspecified atom stereocenters. The molecular weight excluding hydrogens is 703 g/mol. The molecule has 0 radical (unpaired) electrons. The number of amides is 3. The van der Waals surface area contributed by atoms with Crippen molar-refractivity contribution in [1.29, 1.82) is 0 Å². The summed E-state index contributed by atoms with van der Waals surface area (Å²) in [6.07, 6.45) is 3.50. The number of pyridine rings is 2. The first-order valence-electron chi connectivity index (χ1n) is 17.6. The molecule has 0 saturated carbocycles. The van der Waals surface area contributed by atoms with Crippen molar-refractivity contribution in [1.82, 2.24) is 9.97 Å². The first-order chi connectivity index (χ1) is 27.2. The van der Waals surface area contributed by atoms with E-state index < -0.39 is 6.03 Å². The maximum absolute atomic E-state index is 11.3. The normalized spacial score (nSPS) is 10.6. The van der Waals surface area contributed by atoms with Crippen LogP contribution in [-0.4, -0.2) is 32.1 Å². The largest absolute Gasteiger partial charge is 0.508 e. The van der Waals surface area contributed by atoms with Gasteiger partial charge < -0.3 is 37.2 Å². The van der Waals surface area contributed by atoms with Crippen LogP contribution in [0.1, 0.15) is 6.92 Å². The van der Waals surface area contributed by atoms with Crippen LogP contribution in [0.15, 0.2) is 158 Å². The van der Waals surface area contributed by atoms with Gasteiger partial charge in [0.15, 0.2) is 0 Å². The van der Waals surface area contributed by atoms with E-state index in [0.717, 1.165) is 66.7 Å². The van der Waals surface area contributed by atoms with Crippen LogP contribution in [0.25, 0.3) is 43.8 Å². The molecule has 8 rings (SSSR count). The molecule has 11 nitrogen and oxygen atoms in total. The Morgan fingerprint density at radius 3 is 1.38 bits per heavy atom. The Hall–Kier alpha value is -7.92. The minimum atomic E-state index is -0.615. The molecule has 0 atom stereocenters. The van der Waals surface area contributed by atoms with Gasteiger partial charge in [0, 0.05) is 52.8 Å². The molecule has 2 aromatic heterocycles. The Kier molecular flexibility index (Phi) is 10.7. The van der Waals surface area contributed by atoms with E-state index in [-0.39, 0.29) is 17.4 Å². The zero-order valence-corrected chi connectivity index (χ0v) is 30.2. The molecule has 11 heteroatoms. The van der Waals surface area contributed by atoms with E-state index in [1.807, 2.05) is 109 Å². The van der Waals surface area contributed by atoms with Gasteiger partial charge >= 0.3 is 6.03 Å². The van der Waals surface area contributed by atoms with Gasteiger partial charge in [-0.2, -0.15) is 0 Å². The summed E-state index contributed by atoms with van der Waals surface area (Å²) in [6, 6.07) is 44.4. The molecule has 56 heavy (non-hydrogen) atoms. The highest BCUT2D eigenvalue weighted by Gasteiger charge is 2.11. The van der Waals surface area contributed by atoms with Crippen LogP contribution < -0.4 is 27.0 Å². The number of nitrogens with two attached hydrogens (primary N) is 1. The van der Waals surface area contributed by atoms with Crippen LogP contribution in [0, 0.1) is 0 Å². The highest BCUT2D eigenvalue weighted by molar-refractivity contribution is 6.04. The maximum atomic E-state index is 11.3. The summed E-state index contributed by atoms with van der Waals surface area (Å²) in [5, 5.41) is 35.6. The number of benzene rings is 6. The minimum Gasteiger partial charge on any atom is -0.508 e. The topological polar surface area (TPSA) is 175 Å². The van der Waals surface area contributed by atoms with E-state index in [2.05, 4.69) is 31.2 Å². The van der Waals surface area contributed by atoms with Gasteiger partial charge in [-0.15, -0.1) is 0 Å². The highest BCUT2D eigenvalue weighted by Crippen LogP contribution is 2.35. The number of primary amides is 1. The zero-order valence-electron chi connectivity index (χ0n) is 30.2. The van der Waals surface area contributed by atoms with E-state index in [1.165, 1.54) is 6.92 Å². The summed E-state index contributed by atoms with van der Waals surface area (Å²) in [5.74, 6) is 1.75. The van der Waals surface area contributed by atoms with Crippen LogP contribution in [-0.2, 0) is 4.79 Å². The number of phenolic OH excluding ortho intramolecular Hbond substituents is 2. The molecule has 0 aliphatic rings. The van der Waals surface area contributed by atoms with E-state index in [1.54, 1.807) is 48.8 Å². The average Bonchev–Trinajstić information content (AvgIpc) is 3.18. The molecule has 6 aromatic carbocycles. The predicted molar refractivity (Wildman–Crippen MR) is 225 cm³/mol. The molecule has 3 amide bonds. The Labute approximate surface area is 322 Å². The van der Waals surface area contributed by atoms with Crippen molar-refractivity contribution in [3.05, 3.63) is 158 Å². The van der Waals surface area contributed by atoms with Crippen molar-refractivity contribution in [2.45, 2.75) is 6.92 Å². The molecule has 0 fully saturated rings. The third-order valence-corrected chi connectivity index (χ3v) is 8.77. The molecule has 0 spiro atoms. The van der Waals surface area contributed by atoms with E-state index in [0.29, 0.717) is 11.5 Å². The zero-order chi connectivity index (χ0) is 39.0. The maximum Gasteiger partial charge on any atom is 0.316 e. The summed E-state index contributed by atoms with van der Waals surface area (Å²) >= 11 is 0. The van der Waals surface area contributed by atoms with E-state index in [9.17, 15) is 19.8 Å². The van der Waals surface area contributed by atoms with Crippen LogP contribution >= 0.6 is 0 Å². The molecule has 8 N–H and O–H groups in total. The quantitative estimate of drug-likeness (QED) is 0.0806. The van der Waals surface area contributed by atoms with Crippen molar-refractivity contribution >= 4 is 67.9 Å². The Morgan fingerprint density at radius 2 is 0.929 bits per heavy atom. The highest BCUT2D eigenvalue weighted by atomic mass is 16.3. The molecule has 0 saturated heterocycles. The Morgan fingerprint density at radius 1 is 0.500 bits per heavy atom. The van der Waals surface area contributed by atoms with E-state index in [4.69, 9.17) is 5.73 Å². The van der Waals surface area contributed by atoms with Gasteiger partial charge in [-0.05, 0) is 106 Å². The minimum absolute atomic E-state index is 0.115. The lowest BCUT2D eigenvalue weighted by Crippen LogP contribution is -2.19. The van der Waals surface area contributed by atoms with Gasteiger partial charge in [0.2, 0.25) is 5.91 Å². The number of fused-ring (bicyclic) bond motifs is 2. The number of hydrogen-bond donors (Lipinski definition) is 7. The average molecular weight is 740 g/mol. The number of urea groups is 1. The van der Waals surface area contributed by atoms with Crippen LogP contribution in [0.3, 0.4) is 0 Å². The van der Waals surface area contributed by atoms with Gasteiger partial charge in [-0.1, -0.05) is 72.8 Å². The Bertz CT molecular complexity index is 2530. The van der Waals surface area contributed by atoms with Crippen LogP contribution in [0.5, 0.6) is 11.5 Å². The Balaban J connectivity index is 0.000000172. The molecule has 8 aromatic rings. The fraction of sp³-hybridized carbons (Fsp3) is 0.0222. The third-order valence-electron chi connectivity index (χ3n) is 8.77. The fourth-order valence-electron chi connectivity index (χ4n) is 6.43. The lowest BCUT2D eigenvalue weighted by atomic mass is 9.99. The number of nitrogens with zero attached hydrogens (tertiary/aromatic N) is 2. The predicted octanol–water partition coefficient (Wildman–Crippen LogP) is 10.2. The number of hydrogen-bond acceptors (Lipinski definition) is 8. The number of aromatic hydroxyl groups is 2. The number of phenols is 2. The number of carbonyl (C=O) groups excluding carboxylic acids is 2. The van der Waals surface area contributed by atoms with Gasteiger partial charge in [-0.3, -0.25) is 4.79 Å². The molecule has 2 heterocycles. The van der Waals surface area contributed by atoms with Crippen molar-refractivity contribution in [3.63, 3.8) is 0 Å². The van der Waals surface area contributed by atoms with Crippen molar-refractivity contribution in [2.24, 2.45) is 5.73 Å². The summed E-state index contributed by atoms with van der Waals surface area (Å²) in [4.78, 5) is 31.3. The number of carbonyl (C=O) groups is 2. The van der Waals surface area contributed by atoms with Gasteiger partial charge in [0.25, 0.3) is 0 Å². The summed E-state index contributed by atoms with van der Waals surface area (Å²) in [5.41, 5.74) is 12.0. The first-order valence-corrected chi connectivity index (χ1v) is 17.6. The number of anilines is 6. The third kappa shape index (κ3) is 8.64. The molecule has 0 aliphatic heterocycles. The molecule has 276 valence electrons. The van der Waals surface area contributed by atoms with Gasteiger partial charge in [-0.25, -0.2) is 14.8 Å². The second kappa shape index (κ2) is 16.4. The second-order valence-electron chi connectivity index (χ2n) is 12.8. The lowest BCUT2D eigenvalue weighted by Gasteiger charge is -2.13. The van der Waals surface area contributed by atoms with Crippen molar-refractivity contribution < 1.29 is 19.8 Å². The molecular formula is C45H37N7O4. The molecule has 0 bridgehead atoms.